The summed E-state index contributed by atoms with van der Waals surface area (Å²) < 4.78 is 1.92. The molecule has 3 heteroatoms. The fourth-order valence-electron chi connectivity index (χ4n) is 1.74. The van der Waals surface area contributed by atoms with Crippen LogP contribution in [0.1, 0.15) is 16.8 Å². The van der Waals surface area contributed by atoms with Crippen LogP contribution in [0.15, 0.2) is 30.5 Å². The van der Waals surface area contributed by atoms with Crippen molar-refractivity contribution >= 4 is 0 Å². The van der Waals surface area contributed by atoms with E-state index >= 15 is 0 Å². The van der Waals surface area contributed by atoms with Gasteiger partial charge in [-0.2, -0.15) is 5.10 Å². The zero-order valence-electron chi connectivity index (χ0n) is 9.77. The van der Waals surface area contributed by atoms with E-state index in [4.69, 9.17) is 5.73 Å². The largest absolute Gasteiger partial charge is 0.330 e. The number of rotatable bonds is 3. The van der Waals surface area contributed by atoms with Crippen LogP contribution in [-0.4, -0.2) is 16.3 Å². The van der Waals surface area contributed by atoms with E-state index in [1.807, 2.05) is 16.9 Å². The van der Waals surface area contributed by atoms with E-state index in [1.165, 1.54) is 11.1 Å². The highest BCUT2D eigenvalue weighted by Gasteiger charge is 2.03. The van der Waals surface area contributed by atoms with Gasteiger partial charge in [-0.3, -0.25) is 0 Å². The molecule has 1 aromatic heterocycles. The third kappa shape index (κ3) is 2.14. The second kappa shape index (κ2) is 4.49. The number of hydrogen-bond donors (Lipinski definition) is 1. The van der Waals surface area contributed by atoms with E-state index < -0.39 is 0 Å². The van der Waals surface area contributed by atoms with E-state index in [0.717, 1.165) is 17.8 Å². The molecule has 84 valence electrons. The van der Waals surface area contributed by atoms with Gasteiger partial charge in [0.15, 0.2) is 0 Å². The molecule has 0 radical (unpaired) electrons. The van der Waals surface area contributed by atoms with Gasteiger partial charge < -0.3 is 5.73 Å². The fourth-order valence-corrected chi connectivity index (χ4v) is 1.74. The van der Waals surface area contributed by atoms with Gasteiger partial charge in [0.1, 0.15) is 0 Å². The molecule has 1 aromatic carbocycles. The van der Waals surface area contributed by atoms with Gasteiger partial charge >= 0.3 is 0 Å². The Morgan fingerprint density at radius 1 is 1.25 bits per heavy atom. The van der Waals surface area contributed by atoms with Crippen molar-refractivity contribution in [3.63, 3.8) is 0 Å². The molecule has 2 N–H and O–H groups in total. The summed E-state index contributed by atoms with van der Waals surface area (Å²) in [6.07, 6.45) is 2.82. The van der Waals surface area contributed by atoms with Crippen LogP contribution in [0, 0.1) is 13.8 Å². The molecule has 3 nitrogen and oxygen atoms in total. The Kier molecular flexibility index (Phi) is 3.06. The van der Waals surface area contributed by atoms with Crippen LogP contribution in [0.4, 0.5) is 0 Å². The molecular formula is C13H17N3. The van der Waals surface area contributed by atoms with Gasteiger partial charge in [0.05, 0.1) is 11.4 Å². The first-order valence-corrected chi connectivity index (χ1v) is 5.53. The topological polar surface area (TPSA) is 43.8 Å². The molecule has 0 unspecified atom stereocenters. The lowest BCUT2D eigenvalue weighted by atomic mass is 10.1. The molecule has 1 heterocycles. The molecule has 0 aliphatic heterocycles. The van der Waals surface area contributed by atoms with Gasteiger partial charge in [-0.05, 0) is 43.7 Å². The predicted molar refractivity (Wildman–Crippen MR) is 65.8 cm³/mol. The van der Waals surface area contributed by atoms with Crippen LogP contribution >= 0.6 is 0 Å². The summed E-state index contributed by atoms with van der Waals surface area (Å²) in [5, 5.41) is 4.51. The summed E-state index contributed by atoms with van der Waals surface area (Å²) in [5.74, 6) is 0. The van der Waals surface area contributed by atoms with Crippen molar-refractivity contribution in [3.8, 4) is 5.69 Å². The second-order valence-corrected chi connectivity index (χ2v) is 4.08. The minimum atomic E-state index is 0.643. The lowest BCUT2D eigenvalue weighted by molar-refractivity contribution is 0.817. The predicted octanol–water partition coefficient (Wildman–Crippen LogP) is 1.99. The van der Waals surface area contributed by atoms with E-state index in [2.05, 4.69) is 37.1 Å². The fraction of sp³-hybridized carbons (Fsp3) is 0.308. The van der Waals surface area contributed by atoms with E-state index in [1.54, 1.807) is 0 Å². The number of hydrogen-bond acceptors (Lipinski definition) is 2. The summed E-state index contributed by atoms with van der Waals surface area (Å²) in [5.41, 5.74) is 10.2. The van der Waals surface area contributed by atoms with Gasteiger partial charge in [-0.15, -0.1) is 0 Å². The molecule has 2 rings (SSSR count). The minimum Gasteiger partial charge on any atom is -0.330 e. The van der Waals surface area contributed by atoms with Gasteiger partial charge in [-0.25, -0.2) is 4.68 Å². The van der Waals surface area contributed by atoms with Gasteiger partial charge in [0.25, 0.3) is 0 Å². The average molecular weight is 215 g/mol. The summed E-state index contributed by atoms with van der Waals surface area (Å²) in [7, 11) is 0. The van der Waals surface area contributed by atoms with Crippen LogP contribution in [-0.2, 0) is 6.42 Å². The third-order valence-corrected chi connectivity index (χ3v) is 2.66. The summed E-state index contributed by atoms with van der Waals surface area (Å²) in [6, 6.07) is 8.40. The van der Waals surface area contributed by atoms with Crippen molar-refractivity contribution in [2.45, 2.75) is 20.3 Å². The van der Waals surface area contributed by atoms with Crippen molar-refractivity contribution in [1.82, 2.24) is 9.78 Å². The molecular weight excluding hydrogens is 198 g/mol. The van der Waals surface area contributed by atoms with E-state index in [-0.39, 0.29) is 0 Å². The van der Waals surface area contributed by atoms with Crippen molar-refractivity contribution in [1.29, 1.82) is 0 Å². The van der Waals surface area contributed by atoms with Crippen molar-refractivity contribution in [2.24, 2.45) is 5.73 Å². The highest BCUT2D eigenvalue weighted by Crippen LogP contribution is 2.15. The molecule has 0 bridgehead atoms. The zero-order valence-corrected chi connectivity index (χ0v) is 9.77. The highest BCUT2D eigenvalue weighted by molar-refractivity contribution is 5.42. The Balaban J connectivity index is 2.38. The SMILES string of the molecule is Cc1ccc(C)c(-n2ccc(CCN)n2)c1. The maximum atomic E-state index is 5.51. The minimum absolute atomic E-state index is 0.643. The Morgan fingerprint density at radius 2 is 2.06 bits per heavy atom. The average Bonchev–Trinajstić information content (AvgIpc) is 2.71. The Bertz CT molecular complexity index is 486. The Hall–Kier alpha value is -1.61. The van der Waals surface area contributed by atoms with Crippen LogP contribution in [0.3, 0.4) is 0 Å². The van der Waals surface area contributed by atoms with Gasteiger partial charge in [0, 0.05) is 12.6 Å². The highest BCUT2D eigenvalue weighted by atomic mass is 15.3. The molecule has 0 fully saturated rings. The smallest absolute Gasteiger partial charge is 0.0677 e. The number of nitrogens with two attached hydrogens (primary N) is 1. The van der Waals surface area contributed by atoms with Crippen LogP contribution < -0.4 is 5.73 Å². The molecule has 0 amide bonds. The lowest BCUT2D eigenvalue weighted by Gasteiger charge is -2.06. The maximum Gasteiger partial charge on any atom is 0.0677 e. The molecule has 0 spiro atoms. The first-order chi connectivity index (χ1) is 7.70. The lowest BCUT2D eigenvalue weighted by Crippen LogP contribution is -2.04. The molecule has 0 aliphatic rings. The Morgan fingerprint density at radius 3 is 2.81 bits per heavy atom. The molecule has 0 saturated heterocycles. The summed E-state index contributed by atoms with van der Waals surface area (Å²) in [6.45, 7) is 4.83. The normalized spacial score (nSPS) is 10.7. The first kappa shape index (κ1) is 10.9. The summed E-state index contributed by atoms with van der Waals surface area (Å²) in [4.78, 5) is 0. The Labute approximate surface area is 95.9 Å². The van der Waals surface area contributed by atoms with Crippen molar-refractivity contribution < 1.29 is 0 Å². The van der Waals surface area contributed by atoms with Crippen LogP contribution in [0.2, 0.25) is 0 Å². The zero-order chi connectivity index (χ0) is 11.5. The molecule has 2 aromatic rings. The van der Waals surface area contributed by atoms with Gasteiger partial charge in [-0.1, -0.05) is 12.1 Å². The number of benzene rings is 1. The number of aryl methyl sites for hydroxylation is 2. The molecule has 0 aliphatic carbocycles. The second-order valence-electron chi connectivity index (χ2n) is 4.08. The molecule has 0 atom stereocenters. The number of aromatic nitrogens is 2. The number of nitrogens with zero attached hydrogens (tertiary/aromatic N) is 2. The van der Waals surface area contributed by atoms with Crippen molar-refractivity contribution in [2.75, 3.05) is 6.54 Å². The van der Waals surface area contributed by atoms with Crippen LogP contribution in [0.5, 0.6) is 0 Å². The quantitative estimate of drug-likeness (QED) is 0.851. The molecule has 0 saturated carbocycles. The first-order valence-electron chi connectivity index (χ1n) is 5.53. The maximum absolute atomic E-state index is 5.51. The summed E-state index contributed by atoms with van der Waals surface area (Å²) >= 11 is 0. The van der Waals surface area contributed by atoms with Crippen molar-refractivity contribution in [3.05, 3.63) is 47.3 Å². The van der Waals surface area contributed by atoms with E-state index in [0.29, 0.717) is 6.54 Å². The van der Waals surface area contributed by atoms with Gasteiger partial charge in [0.2, 0.25) is 0 Å². The van der Waals surface area contributed by atoms with Crippen LogP contribution in [0.25, 0.3) is 5.69 Å². The monoisotopic (exact) mass is 215 g/mol. The molecule has 16 heavy (non-hydrogen) atoms. The standard InChI is InChI=1S/C13H17N3/c1-10-3-4-11(2)13(9-10)16-8-6-12(15-16)5-7-14/h3-4,6,8-9H,5,7,14H2,1-2H3. The van der Waals surface area contributed by atoms with E-state index in [9.17, 15) is 0 Å². The third-order valence-electron chi connectivity index (χ3n) is 2.66.